The predicted octanol–water partition coefficient (Wildman–Crippen LogP) is 2.39. The minimum atomic E-state index is -2.59. The van der Waals surface area contributed by atoms with Crippen molar-refractivity contribution in [3.8, 4) is 0 Å². The van der Waals surface area contributed by atoms with Crippen LogP contribution in [0.3, 0.4) is 0 Å². The highest BCUT2D eigenvalue weighted by Gasteiger charge is 2.45. The first-order chi connectivity index (χ1) is 8.07. The highest BCUT2D eigenvalue weighted by molar-refractivity contribution is 5.93. The van der Waals surface area contributed by atoms with E-state index in [0.29, 0.717) is 5.82 Å². The molecule has 2 heterocycles. The van der Waals surface area contributed by atoms with Gasteiger partial charge in [-0.15, -0.1) is 5.10 Å². The number of fused-ring (bicyclic) bond motifs is 1. The summed E-state index contributed by atoms with van der Waals surface area (Å²) in [5.41, 5.74) is 0.816. The first-order valence-electron chi connectivity index (χ1n) is 5.42. The minimum absolute atomic E-state index is 0.269. The standard InChI is InChI=1S/C12H11F2N3/c1-8-9-4-2-3-5-10(9)11(16-15-8)17-6-12(13,14)7-17/h2-5H,6-7H2,1H3. The molecule has 0 bridgehead atoms. The lowest BCUT2D eigenvalue weighted by molar-refractivity contribution is -0.0266. The number of alkyl halides is 2. The third-order valence-electron chi connectivity index (χ3n) is 3.00. The molecule has 0 aliphatic carbocycles. The van der Waals surface area contributed by atoms with Crippen LogP contribution in [0.15, 0.2) is 24.3 Å². The molecule has 0 spiro atoms. The molecule has 3 rings (SSSR count). The zero-order chi connectivity index (χ0) is 12.0. The van der Waals surface area contributed by atoms with E-state index in [9.17, 15) is 8.78 Å². The molecule has 1 aromatic carbocycles. The zero-order valence-electron chi connectivity index (χ0n) is 9.32. The molecule has 3 nitrogen and oxygen atoms in total. The van der Waals surface area contributed by atoms with Crippen molar-refractivity contribution in [3.63, 3.8) is 0 Å². The van der Waals surface area contributed by atoms with Crippen LogP contribution >= 0.6 is 0 Å². The molecule has 2 aromatic rings. The lowest BCUT2D eigenvalue weighted by Gasteiger charge is -2.39. The van der Waals surface area contributed by atoms with E-state index in [-0.39, 0.29) is 13.1 Å². The van der Waals surface area contributed by atoms with Gasteiger partial charge >= 0.3 is 0 Å². The topological polar surface area (TPSA) is 29.0 Å². The van der Waals surface area contributed by atoms with Gasteiger partial charge in [0.05, 0.1) is 18.8 Å². The molecular formula is C12H11F2N3. The summed E-state index contributed by atoms with van der Waals surface area (Å²) in [5.74, 6) is -2.04. The monoisotopic (exact) mass is 235 g/mol. The van der Waals surface area contributed by atoms with Gasteiger partial charge in [0.15, 0.2) is 5.82 Å². The van der Waals surface area contributed by atoms with Gasteiger partial charge in [-0.25, -0.2) is 8.78 Å². The average Bonchev–Trinajstić information content (AvgIpc) is 2.27. The van der Waals surface area contributed by atoms with Crippen LogP contribution in [-0.4, -0.2) is 29.2 Å². The Balaban J connectivity index is 2.09. The number of rotatable bonds is 1. The van der Waals surface area contributed by atoms with Gasteiger partial charge in [0.2, 0.25) is 0 Å². The van der Waals surface area contributed by atoms with E-state index in [2.05, 4.69) is 10.2 Å². The van der Waals surface area contributed by atoms with Crippen LogP contribution < -0.4 is 4.90 Å². The lowest BCUT2D eigenvalue weighted by Crippen LogP contribution is -2.56. The summed E-state index contributed by atoms with van der Waals surface area (Å²) in [5, 5.41) is 9.91. The Hall–Kier alpha value is -1.78. The molecule has 17 heavy (non-hydrogen) atoms. The molecule has 0 N–H and O–H groups in total. The Bertz CT molecular complexity index is 575. The van der Waals surface area contributed by atoms with Crippen LogP contribution in [0.5, 0.6) is 0 Å². The number of aromatic nitrogens is 2. The van der Waals surface area contributed by atoms with Crippen LogP contribution in [-0.2, 0) is 0 Å². The molecule has 5 heteroatoms. The maximum absolute atomic E-state index is 12.9. The van der Waals surface area contributed by atoms with Gasteiger partial charge in [0, 0.05) is 10.8 Å². The van der Waals surface area contributed by atoms with Crippen molar-refractivity contribution in [2.45, 2.75) is 12.8 Å². The fourth-order valence-electron chi connectivity index (χ4n) is 2.12. The summed E-state index contributed by atoms with van der Waals surface area (Å²) >= 11 is 0. The number of benzene rings is 1. The van der Waals surface area contributed by atoms with Gasteiger partial charge in [-0.05, 0) is 6.92 Å². The number of aryl methyl sites for hydroxylation is 1. The van der Waals surface area contributed by atoms with Gasteiger partial charge < -0.3 is 4.90 Å². The highest BCUT2D eigenvalue weighted by Crippen LogP contribution is 2.34. The molecule has 1 aliphatic heterocycles. The highest BCUT2D eigenvalue weighted by atomic mass is 19.3. The molecule has 0 amide bonds. The Morgan fingerprint density at radius 1 is 1.12 bits per heavy atom. The third-order valence-corrected chi connectivity index (χ3v) is 3.00. The number of nitrogens with zero attached hydrogens (tertiary/aromatic N) is 3. The largest absolute Gasteiger partial charge is 0.342 e. The minimum Gasteiger partial charge on any atom is -0.342 e. The van der Waals surface area contributed by atoms with E-state index in [1.165, 1.54) is 0 Å². The summed E-state index contributed by atoms with van der Waals surface area (Å²) in [7, 11) is 0. The van der Waals surface area contributed by atoms with Gasteiger partial charge in [0.1, 0.15) is 0 Å². The Morgan fingerprint density at radius 3 is 2.41 bits per heavy atom. The average molecular weight is 235 g/mol. The molecule has 0 unspecified atom stereocenters. The summed E-state index contributed by atoms with van der Waals surface area (Å²) in [6, 6.07) is 7.61. The van der Waals surface area contributed by atoms with Crippen molar-refractivity contribution in [3.05, 3.63) is 30.0 Å². The van der Waals surface area contributed by atoms with Crippen LogP contribution in [0.25, 0.3) is 10.8 Å². The van der Waals surface area contributed by atoms with Gasteiger partial charge in [0.25, 0.3) is 5.92 Å². The van der Waals surface area contributed by atoms with Crippen LogP contribution in [0, 0.1) is 6.92 Å². The van der Waals surface area contributed by atoms with Gasteiger partial charge in [-0.1, -0.05) is 24.3 Å². The smallest absolute Gasteiger partial charge is 0.282 e. The fraction of sp³-hybridized carbons (Fsp3) is 0.333. The molecule has 1 fully saturated rings. The maximum atomic E-state index is 12.9. The second-order valence-electron chi connectivity index (χ2n) is 4.37. The fourth-order valence-corrected chi connectivity index (χ4v) is 2.12. The molecule has 1 saturated heterocycles. The van der Waals surface area contributed by atoms with E-state index in [4.69, 9.17) is 0 Å². The van der Waals surface area contributed by atoms with Crippen molar-refractivity contribution >= 4 is 16.6 Å². The Morgan fingerprint density at radius 2 is 1.76 bits per heavy atom. The second kappa shape index (κ2) is 3.35. The van der Waals surface area contributed by atoms with E-state index < -0.39 is 5.92 Å². The molecule has 0 saturated carbocycles. The van der Waals surface area contributed by atoms with Crippen LogP contribution in [0.4, 0.5) is 14.6 Å². The molecule has 1 aliphatic rings. The number of hydrogen-bond donors (Lipinski definition) is 0. The second-order valence-corrected chi connectivity index (χ2v) is 4.37. The van der Waals surface area contributed by atoms with Crippen molar-refractivity contribution in [2.75, 3.05) is 18.0 Å². The van der Waals surface area contributed by atoms with E-state index in [0.717, 1.165) is 16.5 Å². The molecule has 0 radical (unpaired) electrons. The SMILES string of the molecule is Cc1nnc(N2CC(F)(F)C2)c2ccccc12. The van der Waals surface area contributed by atoms with Gasteiger partial charge in [-0.3, -0.25) is 0 Å². The summed E-state index contributed by atoms with van der Waals surface area (Å²) < 4.78 is 25.7. The summed E-state index contributed by atoms with van der Waals surface area (Å²) in [4.78, 5) is 1.56. The van der Waals surface area contributed by atoms with E-state index >= 15 is 0 Å². The molecular weight excluding hydrogens is 224 g/mol. The molecule has 1 aromatic heterocycles. The third kappa shape index (κ3) is 1.62. The van der Waals surface area contributed by atoms with E-state index in [1.54, 1.807) is 4.90 Å². The first kappa shape index (κ1) is 10.4. The number of anilines is 1. The molecule has 88 valence electrons. The van der Waals surface area contributed by atoms with E-state index in [1.807, 2.05) is 31.2 Å². The van der Waals surface area contributed by atoms with Crippen molar-refractivity contribution in [1.29, 1.82) is 0 Å². The first-order valence-corrected chi connectivity index (χ1v) is 5.42. The predicted molar refractivity (Wildman–Crippen MR) is 61.4 cm³/mol. The van der Waals surface area contributed by atoms with Crippen molar-refractivity contribution in [2.24, 2.45) is 0 Å². The summed E-state index contributed by atoms with van der Waals surface area (Å²) in [6.45, 7) is 1.33. The van der Waals surface area contributed by atoms with Crippen molar-refractivity contribution in [1.82, 2.24) is 10.2 Å². The number of halogens is 2. The number of hydrogen-bond acceptors (Lipinski definition) is 3. The maximum Gasteiger partial charge on any atom is 0.282 e. The Labute approximate surface area is 97.1 Å². The zero-order valence-corrected chi connectivity index (χ0v) is 9.32. The quantitative estimate of drug-likeness (QED) is 0.760. The van der Waals surface area contributed by atoms with Crippen molar-refractivity contribution < 1.29 is 8.78 Å². The lowest BCUT2D eigenvalue weighted by atomic mass is 10.1. The summed E-state index contributed by atoms with van der Waals surface area (Å²) in [6.07, 6.45) is 0. The normalized spacial score (nSPS) is 18.2. The van der Waals surface area contributed by atoms with Crippen LogP contribution in [0.2, 0.25) is 0 Å². The van der Waals surface area contributed by atoms with Gasteiger partial charge in [-0.2, -0.15) is 5.10 Å². The Kier molecular flexibility index (Phi) is 2.05. The molecule has 0 atom stereocenters. The van der Waals surface area contributed by atoms with Crippen LogP contribution in [0.1, 0.15) is 5.69 Å².